The lowest BCUT2D eigenvalue weighted by Gasteiger charge is -2.33. The van der Waals surface area contributed by atoms with Crippen molar-refractivity contribution in [3.05, 3.63) is 71.4 Å². The second-order valence-corrected chi connectivity index (χ2v) is 7.81. The van der Waals surface area contributed by atoms with Gasteiger partial charge in [-0.25, -0.2) is 4.79 Å². The maximum Gasteiger partial charge on any atom is 0.336 e. The summed E-state index contributed by atoms with van der Waals surface area (Å²) < 4.78 is 5.23. The van der Waals surface area contributed by atoms with Gasteiger partial charge >= 0.3 is 5.97 Å². The molecule has 2 aromatic carbocycles. The highest BCUT2D eigenvalue weighted by Gasteiger charge is 2.40. The molecule has 2 amide bonds. The van der Waals surface area contributed by atoms with Crippen molar-refractivity contribution in [1.82, 2.24) is 0 Å². The quantitative estimate of drug-likeness (QED) is 0.691. The number of nitrogens with one attached hydrogen (secondary N) is 1. The summed E-state index contributed by atoms with van der Waals surface area (Å²) in [5.74, 6) is -1.77. The fourth-order valence-corrected chi connectivity index (χ4v) is 3.75. The molecule has 1 atom stereocenters. The molecule has 6 nitrogen and oxygen atoms in total. The van der Waals surface area contributed by atoms with Crippen LogP contribution in [-0.2, 0) is 19.1 Å². The van der Waals surface area contributed by atoms with Crippen LogP contribution in [0.5, 0.6) is 0 Å². The predicted octanol–water partition coefficient (Wildman–Crippen LogP) is 4.64. The van der Waals surface area contributed by atoms with Crippen molar-refractivity contribution in [1.29, 1.82) is 0 Å². The molecule has 3 rings (SSSR count). The van der Waals surface area contributed by atoms with Crippen LogP contribution in [0, 0.1) is 5.92 Å². The molecule has 0 saturated heterocycles. The van der Waals surface area contributed by atoms with Gasteiger partial charge in [-0.05, 0) is 49.6 Å². The van der Waals surface area contributed by atoms with E-state index >= 15 is 0 Å². The van der Waals surface area contributed by atoms with E-state index in [0.29, 0.717) is 23.0 Å². The molecule has 0 spiro atoms. The number of anilines is 2. The summed E-state index contributed by atoms with van der Waals surface area (Å²) in [7, 11) is 0. The molecule has 0 radical (unpaired) electrons. The summed E-state index contributed by atoms with van der Waals surface area (Å²) in [4.78, 5) is 40.4. The lowest BCUT2D eigenvalue weighted by Crippen LogP contribution is -2.43. The molecule has 162 valence electrons. The van der Waals surface area contributed by atoms with E-state index in [1.807, 2.05) is 42.5 Å². The van der Waals surface area contributed by atoms with Gasteiger partial charge in [0.25, 0.3) is 0 Å². The summed E-state index contributed by atoms with van der Waals surface area (Å²) >= 11 is 0. The Kier molecular flexibility index (Phi) is 6.90. The highest BCUT2D eigenvalue weighted by molar-refractivity contribution is 6.10. The van der Waals surface area contributed by atoms with Gasteiger partial charge in [0.2, 0.25) is 11.8 Å². The van der Waals surface area contributed by atoms with E-state index in [1.165, 1.54) is 4.90 Å². The third kappa shape index (κ3) is 4.85. The van der Waals surface area contributed by atoms with Crippen molar-refractivity contribution in [3.63, 3.8) is 0 Å². The minimum atomic E-state index is -0.920. The zero-order valence-electron chi connectivity index (χ0n) is 18.3. The van der Waals surface area contributed by atoms with Gasteiger partial charge in [-0.3, -0.25) is 14.5 Å². The number of esters is 1. The first-order valence-electron chi connectivity index (χ1n) is 10.5. The van der Waals surface area contributed by atoms with Crippen molar-refractivity contribution >= 4 is 29.2 Å². The molecule has 1 heterocycles. The molecule has 0 saturated carbocycles. The summed E-state index contributed by atoms with van der Waals surface area (Å²) in [6.45, 7) is 7.76. The normalized spacial score (nSPS) is 16.5. The lowest BCUT2D eigenvalue weighted by atomic mass is 9.88. The Hall–Kier alpha value is -3.41. The number of allylic oxidation sites excluding steroid dienone is 1. The van der Waals surface area contributed by atoms with E-state index in [4.69, 9.17) is 4.74 Å². The second kappa shape index (κ2) is 9.60. The standard InChI is InChI=1S/C25H28N2O4/c1-5-31-25(30)23-17(4)27(20-9-7-6-8-10-20)22(28)15-21(23)24(29)26-19-13-11-18(12-14-19)16(2)3/h6-14,16,21H,5,15H2,1-4H3,(H,26,29)/t21-/m1/s1. The van der Waals surface area contributed by atoms with Crippen LogP contribution in [0.4, 0.5) is 11.4 Å². The Morgan fingerprint density at radius 1 is 1.10 bits per heavy atom. The Morgan fingerprint density at radius 2 is 1.74 bits per heavy atom. The topological polar surface area (TPSA) is 75.7 Å². The summed E-state index contributed by atoms with van der Waals surface area (Å²) in [6, 6.07) is 16.6. The maximum atomic E-state index is 13.1. The molecular weight excluding hydrogens is 392 g/mol. The maximum absolute atomic E-state index is 13.1. The first-order valence-corrected chi connectivity index (χ1v) is 10.5. The van der Waals surface area contributed by atoms with Gasteiger partial charge in [-0.15, -0.1) is 0 Å². The number of para-hydroxylation sites is 1. The lowest BCUT2D eigenvalue weighted by molar-refractivity contribution is -0.141. The largest absolute Gasteiger partial charge is 0.463 e. The van der Waals surface area contributed by atoms with E-state index in [0.717, 1.165) is 5.56 Å². The molecule has 31 heavy (non-hydrogen) atoms. The van der Waals surface area contributed by atoms with Gasteiger partial charge < -0.3 is 10.1 Å². The first kappa shape index (κ1) is 22.3. The number of hydrogen-bond donors (Lipinski definition) is 1. The highest BCUT2D eigenvalue weighted by atomic mass is 16.5. The Labute approximate surface area is 182 Å². The van der Waals surface area contributed by atoms with Crippen LogP contribution in [0.1, 0.15) is 45.6 Å². The van der Waals surface area contributed by atoms with Crippen LogP contribution < -0.4 is 10.2 Å². The molecule has 1 aliphatic rings. The van der Waals surface area contributed by atoms with Gasteiger partial charge in [0.05, 0.1) is 18.1 Å². The molecule has 1 aliphatic heterocycles. The van der Waals surface area contributed by atoms with Crippen LogP contribution in [0.2, 0.25) is 0 Å². The van der Waals surface area contributed by atoms with Crippen LogP contribution in [0.15, 0.2) is 65.9 Å². The highest BCUT2D eigenvalue weighted by Crippen LogP contribution is 2.34. The van der Waals surface area contributed by atoms with Crippen molar-refractivity contribution < 1.29 is 19.1 Å². The second-order valence-electron chi connectivity index (χ2n) is 7.81. The first-order chi connectivity index (χ1) is 14.8. The average molecular weight is 421 g/mol. The van der Waals surface area contributed by atoms with E-state index < -0.39 is 17.8 Å². The number of benzene rings is 2. The zero-order chi connectivity index (χ0) is 22.5. The van der Waals surface area contributed by atoms with Crippen LogP contribution in [0.25, 0.3) is 0 Å². The number of nitrogens with zero attached hydrogens (tertiary/aromatic N) is 1. The summed E-state index contributed by atoms with van der Waals surface area (Å²) in [6.07, 6.45) is -0.115. The fourth-order valence-electron chi connectivity index (χ4n) is 3.75. The van der Waals surface area contributed by atoms with Crippen molar-refractivity contribution in [3.8, 4) is 0 Å². The van der Waals surface area contributed by atoms with E-state index in [2.05, 4.69) is 19.2 Å². The third-order valence-electron chi connectivity index (χ3n) is 5.37. The van der Waals surface area contributed by atoms with Gasteiger partial charge in [0.15, 0.2) is 0 Å². The van der Waals surface area contributed by atoms with Crippen molar-refractivity contribution in [2.75, 3.05) is 16.8 Å². The molecule has 1 N–H and O–H groups in total. The van der Waals surface area contributed by atoms with E-state index in [1.54, 1.807) is 26.0 Å². The molecule has 0 fully saturated rings. The van der Waals surface area contributed by atoms with E-state index in [-0.39, 0.29) is 24.5 Å². The van der Waals surface area contributed by atoms with Crippen molar-refractivity contribution in [2.45, 2.75) is 40.0 Å². The molecule has 0 bridgehead atoms. The number of amides is 2. The predicted molar refractivity (Wildman–Crippen MR) is 121 cm³/mol. The average Bonchev–Trinajstić information content (AvgIpc) is 2.74. The fraction of sp³-hybridized carbons (Fsp3) is 0.320. The van der Waals surface area contributed by atoms with Crippen LogP contribution in [-0.4, -0.2) is 24.4 Å². The third-order valence-corrected chi connectivity index (χ3v) is 5.37. The van der Waals surface area contributed by atoms with Gasteiger partial charge in [-0.2, -0.15) is 0 Å². The minimum absolute atomic E-state index is 0.115. The zero-order valence-corrected chi connectivity index (χ0v) is 18.3. The monoisotopic (exact) mass is 420 g/mol. The Morgan fingerprint density at radius 3 is 2.32 bits per heavy atom. The van der Waals surface area contributed by atoms with Crippen molar-refractivity contribution in [2.24, 2.45) is 5.92 Å². The smallest absolute Gasteiger partial charge is 0.336 e. The van der Waals surface area contributed by atoms with Gasteiger partial charge in [-0.1, -0.05) is 44.2 Å². The van der Waals surface area contributed by atoms with Gasteiger partial charge in [0, 0.05) is 23.5 Å². The summed E-state index contributed by atoms with van der Waals surface area (Å²) in [5, 5.41) is 2.85. The number of carbonyl (C=O) groups is 3. The molecule has 2 aromatic rings. The number of ether oxygens (including phenoxy) is 1. The number of carbonyl (C=O) groups excluding carboxylic acids is 3. The van der Waals surface area contributed by atoms with Crippen LogP contribution >= 0.6 is 0 Å². The Bertz CT molecular complexity index is 994. The molecule has 6 heteroatoms. The minimum Gasteiger partial charge on any atom is -0.463 e. The molecule has 0 unspecified atom stereocenters. The molecule has 0 aliphatic carbocycles. The van der Waals surface area contributed by atoms with Gasteiger partial charge in [0.1, 0.15) is 0 Å². The molecular formula is C25H28N2O4. The van der Waals surface area contributed by atoms with E-state index in [9.17, 15) is 14.4 Å². The summed E-state index contributed by atoms with van der Waals surface area (Å²) in [5.41, 5.74) is 3.05. The number of rotatable bonds is 6. The van der Waals surface area contributed by atoms with Crippen LogP contribution in [0.3, 0.4) is 0 Å². The number of hydrogen-bond acceptors (Lipinski definition) is 4. The Balaban J connectivity index is 1.94. The SMILES string of the molecule is CCOC(=O)C1=C(C)N(c2ccccc2)C(=O)C[C@H]1C(=O)Nc1ccc(C(C)C)cc1. The molecule has 0 aromatic heterocycles.